The van der Waals surface area contributed by atoms with Gasteiger partial charge in [0, 0.05) is 11.9 Å². The number of aromatic hydroxyl groups is 1. The van der Waals surface area contributed by atoms with Gasteiger partial charge in [-0.05, 0) is 38.2 Å². The third-order valence-electron chi connectivity index (χ3n) is 3.41. The first-order valence-corrected chi connectivity index (χ1v) is 6.93. The summed E-state index contributed by atoms with van der Waals surface area (Å²) < 4.78 is 5.58. The van der Waals surface area contributed by atoms with Gasteiger partial charge in [0.05, 0.1) is 12.2 Å². The molecule has 0 aliphatic carbocycles. The number of hydrogen-bond acceptors (Lipinski definition) is 4. The van der Waals surface area contributed by atoms with Crippen molar-refractivity contribution in [2.75, 3.05) is 7.05 Å². The van der Waals surface area contributed by atoms with E-state index in [2.05, 4.69) is 9.88 Å². The molecule has 0 radical (unpaired) electrons. The van der Waals surface area contributed by atoms with E-state index in [4.69, 9.17) is 4.42 Å². The van der Waals surface area contributed by atoms with Gasteiger partial charge in [0.25, 0.3) is 0 Å². The fraction of sp³-hybridized carbons (Fsp3) is 0.235. The maximum absolute atomic E-state index is 9.88. The molecule has 0 aliphatic heterocycles. The highest BCUT2D eigenvalue weighted by Crippen LogP contribution is 2.22. The first kappa shape index (κ1) is 13.6. The van der Waals surface area contributed by atoms with Crippen molar-refractivity contribution in [3.8, 4) is 5.75 Å². The van der Waals surface area contributed by atoms with E-state index in [0.29, 0.717) is 12.1 Å². The van der Waals surface area contributed by atoms with E-state index in [0.717, 1.165) is 29.1 Å². The van der Waals surface area contributed by atoms with Crippen LogP contribution in [0.3, 0.4) is 0 Å². The number of furan rings is 1. The summed E-state index contributed by atoms with van der Waals surface area (Å²) in [6.07, 6.45) is 0. The third kappa shape index (κ3) is 3.06. The fourth-order valence-electron chi connectivity index (χ4n) is 2.43. The Morgan fingerprint density at radius 1 is 1.10 bits per heavy atom. The first-order valence-electron chi connectivity index (χ1n) is 6.93. The van der Waals surface area contributed by atoms with Gasteiger partial charge in [0.2, 0.25) is 0 Å². The SMILES string of the molecule is Cc1ccc(CN(C)Cc2ccc3cccc(O)c3n2)o1. The minimum Gasteiger partial charge on any atom is -0.506 e. The molecule has 0 bridgehead atoms. The number of pyridine rings is 1. The van der Waals surface area contributed by atoms with E-state index in [-0.39, 0.29) is 5.75 Å². The van der Waals surface area contributed by atoms with E-state index < -0.39 is 0 Å². The van der Waals surface area contributed by atoms with Gasteiger partial charge in [0.1, 0.15) is 22.8 Å². The van der Waals surface area contributed by atoms with Gasteiger partial charge in [-0.1, -0.05) is 18.2 Å². The molecule has 4 heteroatoms. The molecule has 2 aromatic heterocycles. The molecular weight excluding hydrogens is 264 g/mol. The summed E-state index contributed by atoms with van der Waals surface area (Å²) in [6, 6.07) is 13.4. The van der Waals surface area contributed by atoms with Crippen molar-refractivity contribution in [1.29, 1.82) is 0 Å². The van der Waals surface area contributed by atoms with Gasteiger partial charge in [-0.15, -0.1) is 0 Å². The molecular formula is C17H18N2O2. The minimum atomic E-state index is 0.221. The Morgan fingerprint density at radius 2 is 1.95 bits per heavy atom. The van der Waals surface area contributed by atoms with Crippen LogP contribution in [-0.2, 0) is 13.1 Å². The van der Waals surface area contributed by atoms with Gasteiger partial charge < -0.3 is 9.52 Å². The van der Waals surface area contributed by atoms with Crippen molar-refractivity contribution >= 4 is 10.9 Å². The first-order chi connectivity index (χ1) is 10.1. The molecule has 2 heterocycles. The summed E-state index contributed by atoms with van der Waals surface area (Å²) in [6.45, 7) is 3.37. The smallest absolute Gasteiger partial charge is 0.141 e. The summed E-state index contributed by atoms with van der Waals surface area (Å²) in [7, 11) is 2.02. The molecule has 0 atom stereocenters. The van der Waals surface area contributed by atoms with Crippen LogP contribution in [-0.4, -0.2) is 22.0 Å². The lowest BCUT2D eigenvalue weighted by molar-refractivity contribution is 0.282. The second-order valence-corrected chi connectivity index (χ2v) is 5.34. The summed E-state index contributed by atoms with van der Waals surface area (Å²) in [4.78, 5) is 6.67. The average molecular weight is 282 g/mol. The Balaban J connectivity index is 1.76. The number of benzene rings is 1. The number of hydrogen-bond donors (Lipinski definition) is 1. The summed E-state index contributed by atoms with van der Waals surface area (Å²) in [5.41, 5.74) is 1.58. The van der Waals surface area contributed by atoms with E-state index in [1.165, 1.54) is 0 Å². The number of phenols is 1. The lowest BCUT2D eigenvalue weighted by atomic mass is 10.2. The van der Waals surface area contributed by atoms with Crippen LogP contribution in [0, 0.1) is 6.92 Å². The van der Waals surface area contributed by atoms with Crippen molar-refractivity contribution in [2.45, 2.75) is 20.0 Å². The average Bonchev–Trinajstić information content (AvgIpc) is 2.85. The predicted molar refractivity (Wildman–Crippen MR) is 82.0 cm³/mol. The molecule has 21 heavy (non-hydrogen) atoms. The van der Waals surface area contributed by atoms with E-state index in [9.17, 15) is 5.11 Å². The van der Waals surface area contributed by atoms with Crippen LogP contribution in [0.5, 0.6) is 5.75 Å². The van der Waals surface area contributed by atoms with E-state index in [1.807, 2.05) is 50.4 Å². The van der Waals surface area contributed by atoms with Gasteiger partial charge in [-0.2, -0.15) is 0 Å². The molecule has 0 saturated carbocycles. The van der Waals surface area contributed by atoms with Crippen LogP contribution in [0.2, 0.25) is 0 Å². The molecule has 0 saturated heterocycles. The Kier molecular flexibility index (Phi) is 3.62. The van der Waals surface area contributed by atoms with Gasteiger partial charge >= 0.3 is 0 Å². The molecule has 1 aromatic carbocycles. The molecule has 0 spiro atoms. The molecule has 1 N–H and O–H groups in total. The summed E-state index contributed by atoms with van der Waals surface area (Å²) in [5, 5.41) is 10.8. The quantitative estimate of drug-likeness (QED) is 0.796. The maximum Gasteiger partial charge on any atom is 0.141 e. The van der Waals surface area contributed by atoms with Gasteiger partial charge in [-0.25, -0.2) is 4.98 Å². The van der Waals surface area contributed by atoms with Crippen LogP contribution in [0.4, 0.5) is 0 Å². The Bertz CT molecular complexity index is 764. The standard InChI is InChI=1S/C17H18N2O2/c1-12-6-9-15(21-12)11-19(2)10-14-8-7-13-4-3-5-16(20)17(13)18-14/h3-9,20H,10-11H2,1-2H3. The molecule has 3 aromatic rings. The highest BCUT2D eigenvalue weighted by molar-refractivity contribution is 5.84. The number of phenolic OH excluding ortho intramolecular Hbond substituents is 1. The van der Waals surface area contributed by atoms with Gasteiger partial charge in [-0.3, -0.25) is 4.90 Å². The van der Waals surface area contributed by atoms with Crippen molar-refractivity contribution in [1.82, 2.24) is 9.88 Å². The minimum absolute atomic E-state index is 0.221. The second-order valence-electron chi connectivity index (χ2n) is 5.34. The summed E-state index contributed by atoms with van der Waals surface area (Å²) in [5.74, 6) is 2.09. The second kappa shape index (κ2) is 5.58. The van der Waals surface area contributed by atoms with E-state index in [1.54, 1.807) is 6.07 Å². The molecule has 0 unspecified atom stereocenters. The Morgan fingerprint density at radius 3 is 2.71 bits per heavy atom. The van der Waals surface area contributed by atoms with Crippen LogP contribution in [0.25, 0.3) is 10.9 Å². The van der Waals surface area contributed by atoms with Gasteiger partial charge in [0.15, 0.2) is 0 Å². The van der Waals surface area contributed by atoms with Crippen molar-refractivity contribution in [3.05, 3.63) is 59.7 Å². The number of para-hydroxylation sites is 1. The van der Waals surface area contributed by atoms with Crippen molar-refractivity contribution in [2.24, 2.45) is 0 Å². The zero-order valence-corrected chi connectivity index (χ0v) is 12.2. The zero-order chi connectivity index (χ0) is 14.8. The third-order valence-corrected chi connectivity index (χ3v) is 3.41. The topological polar surface area (TPSA) is 49.5 Å². The molecule has 108 valence electrons. The van der Waals surface area contributed by atoms with Crippen LogP contribution in [0.1, 0.15) is 17.2 Å². The molecule has 0 amide bonds. The Labute approximate surface area is 123 Å². The molecule has 4 nitrogen and oxygen atoms in total. The number of nitrogens with zero attached hydrogens (tertiary/aromatic N) is 2. The largest absolute Gasteiger partial charge is 0.506 e. The van der Waals surface area contributed by atoms with Crippen LogP contribution in [0.15, 0.2) is 46.9 Å². The number of aromatic nitrogens is 1. The lowest BCUT2D eigenvalue weighted by Gasteiger charge is -2.15. The maximum atomic E-state index is 9.88. The Hall–Kier alpha value is -2.33. The monoisotopic (exact) mass is 282 g/mol. The molecule has 3 rings (SSSR count). The van der Waals surface area contributed by atoms with Crippen LogP contribution >= 0.6 is 0 Å². The van der Waals surface area contributed by atoms with E-state index >= 15 is 0 Å². The number of fused-ring (bicyclic) bond motifs is 1. The molecule has 0 fully saturated rings. The number of aryl methyl sites for hydroxylation is 1. The zero-order valence-electron chi connectivity index (χ0n) is 12.2. The fourth-order valence-corrected chi connectivity index (χ4v) is 2.43. The van der Waals surface area contributed by atoms with Crippen LogP contribution < -0.4 is 0 Å². The number of rotatable bonds is 4. The predicted octanol–water partition coefficient (Wildman–Crippen LogP) is 3.47. The van der Waals surface area contributed by atoms with Crippen molar-refractivity contribution < 1.29 is 9.52 Å². The lowest BCUT2D eigenvalue weighted by Crippen LogP contribution is -2.17. The highest BCUT2D eigenvalue weighted by atomic mass is 16.3. The summed E-state index contributed by atoms with van der Waals surface area (Å²) >= 11 is 0. The normalized spacial score (nSPS) is 11.4. The van der Waals surface area contributed by atoms with Crippen molar-refractivity contribution in [3.63, 3.8) is 0 Å². The molecule has 0 aliphatic rings. The highest BCUT2D eigenvalue weighted by Gasteiger charge is 2.07.